The fraction of sp³-hybridized carbons (Fsp3) is 0.800. The molecule has 4 rings (SSSR count). The number of hydrogen-bond acceptors (Lipinski definition) is 3. The lowest BCUT2D eigenvalue weighted by Gasteiger charge is -2.60. The van der Waals surface area contributed by atoms with Gasteiger partial charge in [-0.1, -0.05) is 19.4 Å². The molecule has 3 saturated carbocycles. The highest BCUT2D eigenvalue weighted by Crippen LogP contribution is 2.68. The Kier molecular flexibility index (Phi) is 3.13. The Labute approximate surface area is 142 Å². The molecule has 0 aromatic carbocycles. The second-order valence-corrected chi connectivity index (χ2v) is 9.26. The lowest BCUT2D eigenvalue weighted by Crippen LogP contribution is -2.66. The summed E-state index contributed by atoms with van der Waals surface area (Å²) in [5.41, 5.74) is -3.35. The fourth-order valence-corrected chi connectivity index (χ4v) is 6.50. The zero-order valence-corrected chi connectivity index (χ0v) is 14.8. The number of fused-ring (bicyclic) bond motifs is 5. The van der Waals surface area contributed by atoms with Gasteiger partial charge in [0.15, 0.2) is 17.2 Å². The molecule has 0 bridgehead atoms. The zero-order chi connectivity index (χ0) is 17.5. The summed E-state index contributed by atoms with van der Waals surface area (Å²) in [6.45, 7) is 5.63. The molecule has 0 unspecified atom stereocenters. The van der Waals surface area contributed by atoms with Crippen molar-refractivity contribution >= 4 is 11.6 Å². The number of Topliss-reactive ketones (excluding diaryl/α,β-unsaturated/α-hetero) is 1. The molecule has 0 spiro atoms. The van der Waals surface area contributed by atoms with Gasteiger partial charge in [0.2, 0.25) is 0 Å². The zero-order valence-electron chi connectivity index (χ0n) is 14.8. The molecule has 24 heavy (non-hydrogen) atoms. The first-order chi connectivity index (χ1) is 11.1. The van der Waals surface area contributed by atoms with E-state index in [4.69, 9.17) is 0 Å². The third kappa shape index (κ3) is 1.66. The van der Waals surface area contributed by atoms with Crippen LogP contribution in [0, 0.1) is 22.7 Å². The highest BCUT2D eigenvalue weighted by atomic mass is 19.1. The summed E-state index contributed by atoms with van der Waals surface area (Å²) in [5, 5.41) is 10.8. The van der Waals surface area contributed by atoms with Crippen LogP contribution in [0.3, 0.4) is 0 Å². The SMILES string of the molecule is C[C@]1(O)CC[C@H]2[C@@H]3CCC4=CC(=O)CC[C@]4(C)[C@@]3(F)C(=O)C[C@@]21C. The van der Waals surface area contributed by atoms with Gasteiger partial charge in [-0.15, -0.1) is 0 Å². The molecule has 4 aliphatic rings. The molecule has 132 valence electrons. The number of halogens is 1. The second-order valence-electron chi connectivity index (χ2n) is 9.26. The molecule has 3 nitrogen and oxygen atoms in total. The Bertz CT molecular complexity index is 666. The van der Waals surface area contributed by atoms with E-state index in [2.05, 4.69) is 0 Å². The molecular formula is C20H27FO3. The number of carbonyl (C=O) groups is 2. The summed E-state index contributed by atoms with van der Waals surface area (Å²) >= 11 is 0. The van der Waals surface area contributed by atoms with Crippen LogP contribution in [0.15, 0.2) is 11.6 Å². The number of hydrogen-bond donors (Lipinski definition) is 1. The predicted octanol–water partition coefficient (Wildman–Crippen LogP) is 3.54. The van der Waals surface area contributed by atoms with E-state index in [1.54, 1.807) is 13.0 Å². The van der Waals surface area contributed by atoms with Crippen LogP contribution >= 0.6 is 0 Å². The Morgan fingerprint density at radius 2 is 1.79 bits per heavy atom. The van der Waals surface area contributed by atoms with Gasteiger partial charge in [0, 0.05) is 29.6 Å². The molecule has 4 heteroatoms. The van der Waals surface area contributed by atoms with Gasteiger partial charge in [0.1, 0.15) is 0 Å². The molecular weight excluding hydrogens is 307 g/mol. The Hall–Kier alpha value is -1.03. The topological polar surface area (TPSA) is 54.4 Å². The maximum Gasteiger partial charge on any atom is 0.180 e. The molecule has 0 heterocycles. The van der Waals surface area contributed by atoms with Gasteiger partial charge in [0.05, 0.1) is 5.60 Å². The Morgan fingerprint density at radius 3 is 2.50 bits per heavy atom. The molecule has 0 amide bonds. The average molecular weight is 334 g/mol. The monoisotopic (exact) mass is 334 g/mol. The maximum atomic E-state index is 16.5. The van der Waals surface area contributed by atoms with Crippen molar-refractivity contribution < 1.29 is 19.1 Å². The quantitative estimate of drug-likeness (QED) is 0.737. The van der Waals surface area contributed by atoms with E-state index in [9.17, 15) is 14.7 Å². The third-order valence-electron chi connectivity index (χ3n) is 8.36. The van der Waals surface area contributed by atoms with Crippen molar-refractivity contribution in [1.29, 1.82) is 0 Å². The van der Waals surface area contributed by atoms with Crippen LogP contribution < -0.4 is 0 Å². The second kappa shape index (κ2) is 4.57. The normalized spacial score (nSPS) is 54.0. The number of alkyl halides is 1. The fourth-order valence-electron chi connectivity index (χ4n) is 6.50. The van der Waals surface area contributed by atoms with Gasteiger partial charge >= 0.3 is 0 Å². The standard InChI is InChI=1S/C20H27FO3/c1-17-8-6-13(22)10-12(17)4-5-15-14-7-9-19(3,24)18(14,2)11-16(23)20(15,17)21/h10,14-15,24H,4-9,11H2,1-3H3/t14-,15-,17-,18-,19-,20-/m0/s1. The summed E-state index contributed by atoms with van der Waals surface area (Å²) in [6, 6.07) is 0. The molecule has 0 aromatic heterocycles. The summed E-state index contributed by atoms with van der Waals surface area (Å²) in [6.07, 6.45) is 5.17. The minimum Gasteiger partial charge on any atom is -0.390 e. The molecule has 0 radical (unpaired) electrons. The smallest absolute Gasteiger partial charge is 0.180 e. The van der Waals surface area contributed by atoms with E-state index in [1.165, 1.54) is 0 Å². The van der Waals surface area contributed by atoms with Gasteiger partial charge in [-0.05, 0) is 51.0 Å². The minimum absolute atomic E-state index is 0.0335. The summed E-state index contributed by atoms with van der Waals surface area (Å²) in [7, 11) is 0. The van der Waals surface area contributed by atoms with Gasteiger partial charge < -0.3 is 5.11 Å². The van der Waals surface area contributed by atoms with Gasteiger partial charge in [-0.2, -0.15) is 0 Å². The van der Waals surface area contributed by atoms with E-state index in [0.29, 0.717) is 32.1 Å². The summed E-state index contributed by atoms with van der Waals surface area (Å²) < 4.78 is 16.5. The van der Waals surface area contributed by atoms with Crippen molar-refractivity contribution in [3.05, 3.63) is 11.6 Å². The van der Waals surface area contributed by atoms with E-state index < -0.39 is 22.1 Å². The highest BCUT2D eigenvalue weighted by Gasteiger charge is 2.72. The third-order valence-corrected chi connectivity index (χ3v) is 8.36. The molecule has 4 aliphatic carbocycles. The minimum atomic E-state index is -1.89. The number of aliphatic hydroxyl groups is 1. The Morgan fingerprint density at radius 1 is 1.08 bits per heavy atom. The van der Waals surface area contributed by atoms with Gasteiger partial charge in [-0.3, -0.25) is 9.59 Å². The highest BCUT2D eigenvalue weighted by molar-refractivity contribution is 5.95. The van der Waals surface area contributed by atoms with Crippen LogP contribution in [-0.2, 0) is 9.59 Å². The number of rotatable bonds is 0. The number of ketones is 2. The van der Waals surface area contributed by atoms with E-state index in [0.717, 1.165) is 12.0 Å². The number of allylic oxidation sites excluding steroid dienone is 1. The Balaban J connectivity index is 1.84. The van der Waals surface area contributed by atoms with Crippen LogP contribution in [-0.4, -0.2) is 27.9 Å². The summed E-state index contributed by atoms with van der Waals surface area (Å²) in [4.78, 5) is 24.9. The van der Waals surface area contributed by atoms with Crippen molar-refractivity contribution in [1.82, 2.24) is 0 Å². The summed E-state index contributed by atoms with van der Waals surface area (Å²) in [5.74, 6) is -0.600. The molecule has 0 saturated heterocycles. The van der Waals surface area contributed by atoms with Crippen LogP contribution in [0.1, 0.15) is 65.7 Å². The van der Waals surface area contributed by atoms with Crippen LogP contribution in [0.25, 0.3) is 0 Å². The largest absolute Gasteiger partial charge is 0.390 e. The predicted molar refractivity (Wildman–Crippen MR) is 88.1 cm³/mol. The van der Waals surface area contributed by atoms with Gasteiger partial charge in [-0.25, -0.2) is 4.39 Å². The van der Waals surface area contributed by atoms with Crippen molar-refractivity contribution in [2.75, 3.05) is 0 Å². The van der Waals surface area contributed by atoms with Crippen molar-refractivity contribution in [2.24, 2.45) is 22.7 Å². The first-order valence-electron chi connectivity index (χ1n) is 9.25. The molecule has 0 aliphatic heterocycles. The lowest BCUT2D eigenvalue weighted by atomic mass is 9.44. The van der Waals surface area contributed by atoms with Crippen LogP contribution in [0.5, 0.6) is 0 Å². The molecule has 1 N–H and O–H groups in total. The lowest BCUT2D eigenvalue weighted by molar-refractivity contribution is -0.184. The maximum absolute atomic E-state index is 16.5. The van der Waals surface area contributed by atoms with Crippen LogP contribution in [0.4, 0.5) is 4.39 Å². The first kappa shape index (κ1) is 16.4. The van der Waals surface area contributed by atoms with Crippen molar-refractivity contribution in [2.45, 2.75) is 77.0 Å². The molecule has 6 atom stereocenters. The average Bonchev–Trinajstić information content (AvgIpc) is 2.72. The molecule has 3 fully saturated rings. The van der Waals surface area contributed by atoms with E-state index in [1.807, 2.05) is 13.8 Å². The van der Waals surface area contributed by atoms with Gasteiger partial charge in [0.25, 0.3) is 0 Å². The molecule has 0 aromatic rings. The van der Waals surface area contributed by atoms with E-state index >= 15 is 4.39 Å². The number of carbonyl (C=O) groups excluding carboxylic acids is 2. The van der Waals surface area contributed by atoms with Crippen LogP contribution in [0.2, 0.25) is 0 Å². The van der Waals surface area contributed by atoms with Crippen molar-refractivity contribution in [3.63, 3.8) is 0 Å². The van der Waals surface area contributed by atoms with Crippen molar-refractivity contribution in [3.8, 4) is 0 Å². The first-order valence-corrected chi connectivity index (χ1v) is 9.25. The van der Waals surface area contributed by atoms with E-state index in [-0.39, 0.29) is 29.8 Å².